The van der Waals surface area contributed by atoms with Crippen LogP contribution in [-0.4, -0.2) is 27.0 Å². The van der Waals surface area contributed by atoms with Gasteiger partial charge in [0.2, 0.25) is 5.96 Å². The highest BCUT2D eigenvalue weighted by Gasteiger charge is 2.31. The van der Waals surface area contributed by atoms with Crippen LogP contribution in [0.2, 0.25) is 0 Å². The Labute approximate surface area is 319 Å². The minimum absolute atomic E-state index is 0.0222. The maximum atomic E-state index is 5.39. The molecule has 8 aromatic carbocycles. The Bertz CT molecular complexity index is 3110. The van der Waals surface area contributed by atoms with Crippen molar-refractivity contribution in [3.05, 3.63) is 205 Å². The predicted molar refractivity (Wildman–Crippen MR) is 230 cm³/mol. The molecule has 0 amide bonds. The van der Waals surface area contributed by atoms with Crippen LogP contribution in [0.4, 0.5) is 5.69 Å². The molecule has 1 aliphatic heterocycles. The van der Waals surface area contributed by atoms with Crippen LogP contribution in [0.5, 0.6) is 0 Å². The molecule has 4 heteroatoms. The summed E-state index contributed by atoms with van der Waals surface area (Å²) < 4.78 is 4.79. The molecule has 1 atom stereocenters. The molecule has 4 nitrogen and oxygen atoms in total. The van der Waals surface area contributed by atoms with E-state index in [1.807, 2.05) is 0 Å². The Balaban J connectivity index is 1.11. The fraction of sp³-hybridized carbons (Fsp3) is 0.0392. The summed E-state index contributed by atoms with van der Waals surface area (Å²) in [5.74, 6) is 0.907. The van der Waals surface area contributed by atoms with E-state index < -0.39 is 0 Å². The molecule has 0 N–H and O–H groups in total. The number of rotatable bonds is 4. The summed E-state index contributed by atoms with van der Waals surface area (Å²) in [6.45, 7) is 0. The average Bonchev–Trinajstić information content (AvgIpc) is 3.76. The highest BCUT2D eigenvalue weighted by molar-refractivity contribution is 6.15. The van der Waals surface area contributed by atoms with Crippen LogP contribution in [-0.2, 0) is 0 Å². The first-order chi connectivity index (χ1) is 27.2. The van der Waals surface area contributed by atoms with Gasteiger partial charge in [0.1, 0.15) is 0 Å². The fourth-order valence-corrected chi connectivity index (χ4v) is 8.83. The standard InChI is InChI=1S/C51H36N4/c1-53-50(35-17-6-3-7-18-35)44-23-8-11-24-45(44)52-51(53)55-47-26-13-10-22-41(47)43-30-28-38(33-49(43)55)37-27-29-42-40-21-9-12-25-46(40)54(48(42)32-37)39-20-14-19-36(31-39)34-15-4-2-5-16-34/h2-33,50H,1H3. The molecule has 260 valence electrons. The number of nitrogens with zero attached hydrogens (tertiary/aromatic N) is 4. The molecule has 0 fully saturated rings. The maximum absolute atomic E-state index is 5.39. The van der Waals surface area contributed by atoms with Crippen molar-refractivity contribution < 1.29 is 0 Å². The molecule has 11 rings (SSSR count). The van der Waals surface area contributed by atoms with Gasteiger partial charge in [-0.05, 0) is 70.3 Å². The molecule has 1 unspecified atom stereocenters. The third-order valence-corrected chi connectivity index (χ3v) is 11.4. The minimum atomic E-state index is 0.0222. The van der Waals surface area contributed by atoms with Crippen LogP contribution >= 0.6 is 0 Å². The van der Waals surface area contributed by atoms with E-state index in [9.17, 15) is 0 Å². The minimum Gasteiger partial charge on any atom is -0.334 e. The summed E-state index contributed by atoms with van der Waals surface area (Å²) in [4.78, 5) is 7.73. The largest absolute Gasteiger partial charge is 0.334 e. The number of hydrogen-bond donors (Lipinski definition) is 0. The van der Waals surface area contributed by atoms with Gasteiger partial charge in [-0.25, -0.2) is 4.99 Å². The summed E-state index contributed by atoms with van der Waals surface area (Å²) in [5.41, 5.74) is 14.0. The quantitative estimate of drug-likeness (QED) is 0.179. The molecule has 0 saturated heterocycles. The van der Waals surface area contributed by atoms with Crippen LogP contribution in [0, 0.1) is 0 Å². The molecule has 0 saturated carbocycles. The van der Waals surface area contributed by atoms with Gasteiger partial charge >= 0.3 is 0 Å². The second-order valence-corrected chi connectivity index (χ2v) is 14.5. The number of aliphatic imine (C=N–C) groups is 1. The Morgan fingerprint density at radius 1 is 0.400 bits per heavy atom. The highest BCUT2D eigenvalue weighted by Crippen LogP contribution is 2.42. The first-order valence-electron chi connectivity index (χ1n) is 18.9. The van der Waals surface area contributed by atoms with Gasteiger partial charge in [-0.15, -0.1) is 0 Å². The number of hydrogen-bond acceptors (Lipinski definition) is 2. The Morgan fingerprint density at radius 2 is 0.927 bits per heavy atom. The lowest BCUT2D eigenvalue weighted by Crippen LogP contribution is -2.38. The Hall–Kier alpha value is -7.17. The number of aromatic nitrogens is 2. The predicted octanol–water partition coefficient (Wildman–Crippen LogP) is 12.8. The van der Waals surface area contributed by atoms with E-state index >= 15 is 0 Å². The molecule has 0 radical (unpaired) electrons. The van der Waals surface area contributed by atoms with Crippen LogP contribution in [0.15, 0.2) is 199 Å². The monoisotopic (exact) mass is 704 g/mol. The second kappa shape index (κ2) is 12.5. The lowest BCUT2D eigenvalue weighted by atomic mass is 9.95. The van der Waals surface area contributed by atoms with E-state index in [0.29, 0.717) is 0 Å². The molecule has 0 aliphatic carbocycles. The van der Waals surface area contributed by atoms with Crippen molar-refractivity contribution in [3.8, 4) is 27.9 Å². The van der Waals surface area contributed by atoms with E-state index in [1.165, 1.54) is 60.4 Å². The molecular weight excluding hydrogens is 669 g/mol. The first-order valence-corrected chi connectivity index (χ1v) is 18.9. The zero-order valence-electron chi connectivity index (χ0n) is 30.3. The zero-order chi connectivity index (χ0) is 36.5. The summed E-state index contributed by atoms with van der Waals surface area (Å²) in [6, 6.07) is 70.2. The van der Waals surface area contributed by atoms with E-state index in [0.717, 1.165) is 33.9 Å². The highest BCUT2D eigenvalue weighted by atomic mass is 15.3. The molecule has 0 spiro atoms. The van der Waals surface area contributed by atoms with Gasteiger partial charge in [0.05, 0.1) is 33.8 Å². The SMILES string of the molecule is CN1C(n2c3ccccc3c3ccc(-c4ccc5c6ccccc6n(-c6cccc(-c7ccccc7)c6)c5c4)cc32)=Nc2ccccc2C1c1ccccc1. The van der Waals surface area contributed by atoms with E-state index in [-0.39, 0.29) is 6.04 Å². The van der Waals surface area contributed by atoms with Crippen molar-refractivity contribution in [1.29, 1.82) is 0 Å². The van der Waals surface area contributed by atoms with E-state index in [4.69, 9.17) is 4.99 Å². The summed E-state index contributed by atoms with van der Waals surface area (Å²) >= 11 is 0. The summed E-state index contributed by atoms with van der Waals surface area (Å²) in [6.07, 6.45) is 0. The molecule has 3 heterocycles. The Kier molecular flexibility index (Phi) is 7.11. The van der Waals surface area contributed by atoms with Gasteiger partial charge in [0, 0.05) is 39.8 Å². The molecule has 10 aromatic rings. The van der Waals surface area contributed by atoms with Crippen molar-refractivity contribution in [2.45, 2.75) is 6.04 Å². The topological polar surface area (TPSA) is 25.5 Å². The average molecular weight is 705 g/mol. The number of para-hydroxylation sites is 3. The van der Waals surface area contributed by atoms with Crippen molar-refractivity contribution in [1.82, 2.24) is 14.0 Å². The lowest BCUT2D eigenvalue weighted by Gasteiger charge is -2.36. The first kappa shape index (κ1) is 31.4. The number of benzene rings is 8. The smallest absolute Gasteiger partial charge is 0.211 e. The van der Waals surface area contributed by atoms with Gasteiger partial charge in [0.15, 0.2) is 0 Å². The van der Waals surface area contributed by atoms with Gasteiger partial charge in [0.25, 0.3) is 0 Å². The zero-order valence-corrected chi connectivity index (χ0v) is 30.3. The van der Waals surface area contributed by atoms with E-state index in [2.05, 4.69) is 215 Å². The third kappa shape index (κ3) is 4.95. The van der Waals surface area contributed by atoms with E-state index in [1.54, 1.807) is 0 Å². The van der Waals surface area contributed by atoms with Crippen LogP contribution in [0.1, 0.15) is 17.2 Å². The van der Waals surface area contributed by atoms with Crippen molar-refractivity contribution in [2.75, 3.05) is 7.05 Å². The van der Waals surface area contributed by atoms with Crippen molar-refractivity contribution in [3.63, 3.8) is 0 Å². The normalized spacial score (nSPS) is 14.2. The molecule has 1 aliphatic rings. The molecular formula is C51H36N4. The third-order valence-electron chi connectivity index (χ3n) is 11.4. The summed E-state index contributed by atoms with van der Waals surface area (Å²) in [5, 5.41) is 4.91. The Morgan fingerprint density at radius 3 is 1.64 bits per heavy atom. The molecule has 0 bridgehead atoms. The van der Waals surface area contributed by atoms with Gasteiger partial charge in [-0.2, -0.15) is 0 Å². The van der Waals surface area contributed by atoms with Gasteiger partial charge in [-0.3, -0.25) is 4.57 Å². The maximum Gasteiger partial charge on any atom is 0.211 e. The second-order valence-electron chi connectivity index (χ2n) is 14.5. The fourth-order valence-electron chi connectivity index (χ4n) is 8.83. The number of fused-ring (bicyclic) bond motifs is 7. The van der Waals surface area contributed by atoms with Crippen molar-refractivity contribution >= 4 is 55.3 Å². The van der Waals surface area contributed by atoms with Crippen molar-refractivity contribution in [2.24, 2.45) is 4.99 Å². The van der Waals surface area contributed by atoms with Crippen LogP contribution in [0.3, 0.4) is 0 Å². The van der Waals surface area contributed by atoms with Crippen LogP contribution < -0.4 is 0 Å². The van der Waals surface area contributed by atoms with Gasteiger partial charge < -0.3 is 9.47 Å². The van der Waals surface area contributed by atoms with Gasteiger partial charge in [-0.1, -0.05) is 152 Å². The van der Waals surface area contributed by atoms with Crippen LogP contribution in [0.25, 0.3) is 71.6 Å². The summed E-state index contributed by atoms with van der Waals surface area (Å²) in [7, 11) is 2.18. The lowest BCUT2D eigenvalue weighted by molar-refractivity contribution is 0.410. The molecule has 2 aromatic heterocycles. The molecule has 55 heavy (non-hydrogen) atoms.